The molecule has 1 aromatic heterocycles. The molecule has 21 heavy (non-hydrogen) atoms. The fourth-order valence-electron chi connectivity index (χ4n) is 2.21. The predicted octanol–water partition coefficient (Wildman–Crippen LogP) is 3.85. The molecule has 3 heteroatoms. The number of aliphatic hydroxyl groups excluding tert-OH is 1. The summed E-state index contributed by atoms with van der Waals surface area (Å²) in [5.74, 6) is 0. The Morgan fingerprint density at radius 2 is 2.05 bits per heavy atom. The molecule has 1 unspecified atom stereocenters. The minimum Gasteiger partial charge on any atom is -0.472 e. The number of carbonyl (C=O) groups is 1. The van der Waals surface area contributed by atoms with Crippen LogP contribution >= 0.6 is 0 Å². The third kappa shape index (κ3) is 5.04. The van der Waals surface area contributed by atoms with Crippen molar-refractivity contribution in [2.24, 2.45) is 0 Å². The first kappa shape index (κ1) is 15.3. The van der Waals surface area contributed by atoms with Crippen molar-refractivity contribution in [1.82, 2.24) is 0 Å². The van der Waals surface area contributed by atoms with Gasteiger partial charge in [0.2, 0.25) is 0 Å². The van der Waals surface area contributed by atoms with Gasteiger partial charge in [0.1, 0.15) is 6.29 Å². The second-order valence-electron chi connectivity index (χ2n) is 5.04. The van der Waals surface area contributed by atoms with Gasteiger partial charge in [-0.15, -0.1) is 0 Å². The Morgan fingerprint density at radius 3 is 2.71 bits per heavy atom. The van der Waals surface area contributed by atoms with E-state index in [2.05, 4.69) is 12.1 Å². The van der Waals surface area contributed by atoms with Crippen LogP contribution in [0.2, 0.25) is 0 Å². The highest BCUT2D eigenvalue weighted by Gasteiger charge is 2.07. The topological polar surface area (TPSA) is 50.4 Å². The molecule has 0 saturated carbocycles. The molecule has 0 spiro atoms. The van der Waals surface area contributed by atoms with E-state index in [1.54, 1.807) is 6.07 Å². The lowest BCUT2D eigenvalue weighted by Crippen LogP contribution is -1.95. The summed E-state index contributed by atoms with van der Waals surface area (Å²) in [5.41, 5.74) is 2.76. The van der Waals surface area contributed by atoms with E-state index < -0.39 is 6.10 Å². The zero-order valence-electron chi connectivity index (χ0n) is 11.9. The maximum atomic E-state index is 11.1. The fraction of sp³-hybridized carbons (Fsp3) is 0.278. The van der Waals surface area contributed by atoms with Crippen LogP contribution in [0.4, 0.5) is 0 Å². The molecular weight excluding hydrogens is 264 g/mol. The minimum absolute atomic E-state index is 0.430. The summed E-state index contributed by atoms with van der Waals surface area (Å²) in [4.78, 5) is 11.1. The zero-order valence-corrected chi connectivity index (χ0v) is 11.9. The largest absolute Gasteiger partial charge is 0.472 e. The summed E-state index contributed by atoms with van der Waals surface area (Å²) in [6.07, 6.45) is 8.18. The van der Waals surface area contributed by atoms with Gasteiger partial charge in [0.25, 0.3) is 0 Å². The van der Waals surface area contributed by atoms with Crippen molar-refractivity contribution in [3.63, 3.8) is 0 Å². The summed E-state index contributed by atoms with van der Waals surface area (Å²) in [6, 6.07) is 12.0. The van der Waals surface area contributed by atoms with Crippen LogP contribution in [0.25, 0.3) is 0 Å². The van der Waals surface area contributed by atoms with Gasteiger partial charge >= 0.3 is 0 Å². The van der Waals surface area contributed by atoms with Crippen molar-refractivity contribution in [2.45, 2.75) is 31.8 Å². The summed E-state index contributed by atoms with van der Waals surface area (Å²) in [6.45, 7) is 0. The van der Waals surface area contributed by atoms with Crippen molar-refractivity contribution in [1.29, 1.82) is 0 Å². The molecule has 0 fully saturated rings. The highest BCUT2D eigenvalue weighted by Crippen LogP contribution is 2.19. The quantitative estimate of drug-likeness (QED) is 0.591. The van der Waals surface area contributed by atoms with Crippen molar-refractivity contribution in [2.75, 3.05) is 0 Å². The lowest BCUT2D eigenvalue weighted by atomic mass is 10.0. The standard InChI is InChI=1S/C18H20O3/c19-13-16(8-4-7-15-5-2-1-3-6-15)9-10-18(20)17-11-12-21-14-17/h1-3,5-6,9,11-14,18,20H,4,7-8,10H2/b16-9+. The highest BCUT2D eigenvalue weighted by atomic mass is 16.3. The molecule has 0 bridgehead atoms. The number of aldehydes is 1. The Balaban J connectivity index is 1.79. The minimum atomic E-state index is -0.618. The number of hydrogen-bond donors (Lipinski definition) is 1. The number of rotatable bonds is 8. The summed E-state index contributed by atoms with van der Waals surface area (Å²) < 4.78 is 4.93. The highest BCUT2D eigenvalue weighted by molar-refractivity contribution is 5.72. The maximum Gasteiger partial charge on any atom is 0.145 e. The average Bonchev–Trinajstić information content (AvgIpc) is 3.06. The molecule has 2 rings (SSSR count). The van der Waals surface area contributed by atoms with E-state index in [1.165, 1.54) is 18.1 Å². The molecule has 0 amide bonds. The number of aryl methyl sites for hydroxylation is 1. The van der Waals surface area contributed by atoms with Gasteiger partial charge < -0.3 is 9.52 Å². The lowest BCUT2D eigenvalue weighted by Gasteiger charge is -2.06. The monoisotopic (exact) mass is 284 g/mol. The van der Waals surface area contributed by atoms with E-state index in [0.29, 0.717) is 6.42 Å². The van der Waals surface area contributed by atoms with Crippen LogP contribution < -0.4 is 0 Å². The zero-order chi connectivity index (χ0) is 14.9. The molecule has 0 saturated heterocycles. The van der Waals surface area contributed by atoms with E-state index in [4.69, 9.17) is 4.42 Å². The van der Waals surface area contributed by atoms with E-state index in [1.807, 2.05) is 24.3 Å². The first-order valence-corrected chi connectivity index (χ1v) is 7.18. The molecule has 1 heterocycles. The molecule has 3 nitrogen and oxygen atoms in total. The van der Waals surface area contributed by atoms with Crippen LogP contribution in [-0.2, 0) is 11.2 Å². The fourth-order valence-corrected chi connectivity index (χ4v) is 2.21. The summed E-state index contributed by atoms with van der Waals surface area (Å²) in [5, 5.41) is 9.94. The average molecular weight is 284 g/mol. The molecule has 0 aliphatic heterocycles. The third-order valence-corrected chi connectivity index (χ3v) is 3.46. The molecule has 1 N–H and O–H groups in total. The summed E-state index contributed by atoms with van der Waals surface area (Å²) >= 11 is 0. The first-order chi connectivity index (χ1) is 10.3. The Morgan fingerprint density at radius 1 is 1.24 bits per heavy atom. The van der Waals surface area contributed by atoms with Gasteiger partial charge in [0, 0.05) is 5.56 Å². The second-order valence-corrected chi connectivity index (χ2v) is 5.04. The molecule has 0 aliphatic rings. The second kappa shape index (κ2) is 8.22. The van der Waals surface area contributed by atoms with Crippen molar-refractivity contribution >= 4 is 6.29 Å². The molecule has 0 radical (unpaired) electrons. The number of furan rings is 1. The smallest absolute Gasteiger partial charge is 0.145 e. The molecule has 0 aliphatic carbocycles. The van der Waals surface area contributed by atoms with Gasteiger partial charge in [-0.2, -0.15) is 0 Å². The van der Waals surface area contributed by atoms with Crippen LogP contribution in [0.3, 0.4) is 0 Å². The van der Waals surface area contributed by atoms with E-state index in [-0.39, 0.29) is 0 Å². The number of hydrogen-bond acceptors (Lipinski definition) is 3. The van der Waals surface area contributed by atoms with E-state index in [9.17, 15) is 9.90 Å². The van der Waals surface area contributed by atoms with Crippen LogP contribution in [0, 0.1) is 0 Å². The summed E-state index contributed by atoms with van der Waals surface area (Å²) in [7, 11) is 0. The van der Waals surface area contributed by atoms with Crippen LogP contribution in [0.15, 0.2) is 65.0 Å². The van der Waals surface area contributed by atoms with E-state index in [0.717, 1.165) is 36.7 Å². The van der Waals surface area contributed by atoms with Crippen molar-refractivity contribution < 1.29 is 14.3 Å². The first-order valence-electron chi connectivity index (χ1n) is 7.18. The van der Waals surface area contributed by atoms with Gasteiger partial charge in [0.05, 0.1) is 18.6 Å². The normalized spacial score (nSPS) is 13.1. The Hall–Kier alpha value is -2.13. The SMILES string of the molecule is O=C/C(=C/CC(O)c1ccoc1)CCCc1ccccc1. The Labute approximate surface area is 124 Å². The Kier molecular flexibility index (Phi) is 5.98. The number of allylic oxidation sites excluding steroid dienone is 1. The van der Waals surface area contributed by atoms with Crippen molar-refractivity contribution in [3.05, 3.63) is 71.7 Å². The molecule has 110 valence electrons. The number of benzene rings is 1. The van der Waals surface area contributed by atoms with Crippen LogP contribution in [0.5, 0.6) is 0 Å². The van der Waals surface area contributed by atoms with Gasteiger partial charge in [-0.25, -0.2) is 0 Å². The Bertz CT molecular complexity index is 555. The van der Waals surface area contributed by atoms with Crippen LogP contribution in [-0.4, -0.2) is 11.4 Å². The van der Waals surface area contributed by atoms with Gasteiger partial charge in [0.15, 0.2) is 0 Å². The van der Waals surface area contributed by atoms with E-state index >= 15 is 0 Å². The van der Waals surface area contributed by atoms with Crippen molar-refractivity contribution in [3.8, 4) is 0 Å². The predicted molar refractivity (Wildman–Crippen MR) is 81.8 cm³/mol. The van der Waals surface area contributed by atoms with Gasteiger partial charge in [-0.1, -0.05) is 36.4 Å². The third-order valence-electron chi connectivity index (χ3n) is 3.46. The van der Waals surface area contributed by atoms with Gasteiger partial charge in [-0.05, 0) is 42.9 Å². The number of aliphatic hydroxyl groups is 1. The van der Waals surface area contributed by atoms with Crippen LogP contribution in [0.1, 0.15) is 36.5 Å². The molecular formula is C18H20O3. The lowest BCUT2D eigenvalue weighted by molar-refractivity contribution is -0.105. The molecule has 1 atom stereocenters. The van der Waals surface area contributed by atoms with Gasteiger partial charge in [-0.3, -0.25) is 4.79 Å². The maximum absolute atomic E-state index is 11.1. The number of carbonyl (C=O) groups excluding carboxylic acids is 1. The molecule has 1 aromatic carbocycles. The molecule has 2 aromatic rings.